The zero-order valence-electron chi connectivity index (χ0n) is 12.2. The summed E-state index contributed by atoms with van der Waals surface area (Å²) in [4.78, 5) is 10.7. The van der Waals surface area contributed by atoms with Gasteiger partial charge in [-0.15, -0.1) is 0 Å². The highest BCUT2D eigenvalue weighted by Gasteiger charge is 2.28. The Kier molecular flexibility index (Phi) is 5.83. The molecule has 1 aromatic rings. The van der Waals surface area contributed by atoms with E-state index in [0.717, 1.165) is 5.56 Å². The molecule has 2 rings (SSSR count). The lowest BCUT2D eigenvalue weighted by atomic mass is 9.95. The highest BCUT2D eigenvalue weighted by atomic mass is 35.5. The zero-order valence-corrected chi connectivity index (χ0v) is 13.8. The number of nitrogens with zero attached hydrogens (tertiary/aromatic N) is 1. The molecule has 0 aliphatic carbocycles. The monoisotopic (exact) mass is 345 g/mol. The van der Waals surface area contributed by atoms with E-state index >= 15 is 0 Å². The summed E-state index contributed by atoms with van der Waals surface area (Å²) in [5.74, 6) is -0.684. The molecule has 0 atom stereocenters. The van der Waals surface area contributed by atoms with Gasteiger partial charge >= 0.3 is 5.97 Å². The van der Waals surface area contributed by atoms with Crippen LogP contribution >= 0.6 is 11.6 Å². The lowest BCUT2D eigenvalue weighted by Crippen LogP contribution is -2.40. The Morgan fingerprint density at radius 3 is 2.59 bits per heavy atom. The van der Waals surface area contributed by atoms with E-state index in [4.69, 9.17) is 16.7 Å². The van der Waals surface area contributed by atoms with Gasteiger partial charge < -0.3 is 5.11 Å². The Hall–Kier alpha value is -1.11. The van der Waals surface area contributed by atoms with E-state index in [1.165, 1.54) is 4.31 Å². The second kappa shape index (κ2) is 7.44. The van der Waals surface area contributed by atoms with Gasteiger partial charge in [-0.05, 0) is 42.9 Å². The molecule has 1 saturated heterocycles. The van der Waals surface area contributed by atoms with Crippen LogP contribution in [-0.2, 0) is 21.2 Å². The number of carbonyl (C=O) groups is 1. The maximum atomic E-state index is 12.3. The fourth-order valence-electron chi connectivity index (χ4n) is 2.71. The van der Waals surface area contributed by atoms with Crippen LogP contribution in [0.15, 0.2) is 24.3 Å². The van der Waals surface area contributed by atoms with Crippen LogP contribution in [0.25, 0.3) is 0 Å². The molecular formula is C15H20ClNO4S. The van der Waals surface area contributed by atoms with Crippen molar-refractivity contribution in [3.8, 4) is 0 Å². The summed E-state index contributed by atoms with van der Waals surface area (Å²) in [5.41, 5.74) is 0.900. The number of carboxylic acids is 1. The van der Waals surface area contributed by atoms with Crippen molar-refractivity contribution >= 4 is 27.6 Å². The van der Waals surface area contributed by atoms with Crippen molar-refractivity contribution in [2.24, 2.45) is 5.92 Å². The van der Waals surface area contributed by atoms with Crippen LogP contribution in [-0.4, -0.2) is 42.6 Å². The summed E-state index contributed by atoms with van der Waals surface area (Å²) in [7, 11) is -3.30. The van der Waals surface area contributed by atoms with Crippen molar-refractivity contribution in [1.29, 1.82) is 0 Å². The lowest BCUT2D eigenvalue weighted by Gasteiger charge is -2.30. The molecule has 5 nitrogen and oxygen atoms in total. The summed E-state index contributed by atoms with van der Waals surface area (Å²) in [5, 5.41) is 9.38. The van der Waals surface area contributed by atoms with Gasteiger partial charge in [0.15, 0.2) is 0 Å². The van der Waals surface area contributed by atoms with Crippen LogP contribution in [0.1, 0.15) is 24.8 Å². The Morgan fingerprint density at radius 1 is 1.32 bits per heavy atom. The molecule has 7 heteroatoms. The number of rotatable bonds is 6. The van der Waals surface area contributed by atoms with Crippen molar-refractivity contribution in [3.05, 3.63) is 34.9 Å². The summed E-state index contributed by atoms with van der Waals surface area (Å²) in [6, 6.07) is 7.20. The predicted molar refractivity (Wildman–Crippen MR) is 85.5 cm³/mol. The number of carboxylic acid groups (broad SMARTS) is 1. The third-order valence-electron chi connectivity index (χ3n) is 3.97. The maximum Gasteiger partial charge on any atom is 0.303 e. The number of aryl methyl sites for hydroxylation is 1. The largest absolute Gasteiger partial charge is 0.481 e. The summed E-state index contributed by atoms with van der Waals surface area (Å²) < 4.78 is 26.2. The number of hydrogen-bond donors (Lipinski definition) is 1. The average Bonchev–Trinajstić information content (AvgIpc) is 2.45. The fourth-order valence-corrected chi connectivity index (χ4v) is 4.44. The number of piperidine rings is 1. The fraction of sp³-hybridized carbons (Fsp3) is 0.533. The topological polar surface area (TPSA) is 74.7 Å². The van der Waals surface area contributed by atoms with Crippen molar-refractivity contribution in [3.63, 3.8) is 0 Å². The van der Waals surface area contributed by atoms with E-state index < -0.39 is 16.0 Å². The number of aliphatic carboxylic acids is 1. The van der Waals surface area contributed by atoms with E-state index in [2.05, 4.69) is 0 Å². The molecule has 0 unspecified atom stereocenters. The van der Waals surface area contributed by atoms with Crippen molar-refractivity contribution in [2.45, 2.75) is 25.7 Å². The second-order valence-corrected chi connectivity index (χ2v) is 8.16. The van der Waals surface area contributed by atoms with E-state index in [1.807, 2.05) is 12.1 Å². The SMILES string of the molecule is O=C(O)CC1CCN(S(=O)(=O)CCc2cccc(Cl)c2)CC1. The van der Waals surface area contributed by atoms with Gasteiger partial charge in [0.05, 0.1) is 5.75 Å². The molecule has 1 aromatic carbocycles. The minimum Gasteiger partial charge on any atom is -0.481 e. The first-order valence-corrected chi connectivity index (χ1v) is 9.29. The Bertz CT molecular complexity index is 624. The molecule has 22 heavy (non-hydrogen) atoms. The quantitative estimate of drug-likeness (QED) is 0.859. The van der Waals surface area contributed by atoms with Gasteiger partial charge in [-0.1, -0.05) is 23.7 Å². The molecular weight excluding hydrogens is 326 g/mol. The maximum absolute atomic E-state index is 12.3. The van der Waals surface area contributed by atoms with Crippen LogP contribution in [0, 0.1) is 5.92 Å². The first-order valence-electron chi connectivity index (χ1n) is 7.31. The number of benzene rings is 1. The van der Waals surface area contributed by atoms with Crippen LogP contribution in [0.5, 0.6) is 0 Å². The highest BCUT2D eigenvalue weighted by molar-refractivity contribution is 7.89. The van der Waals surface area contributed by atoms with Gasteiger partial charge in [0.1, 0.15) is 0 Å². The van der Waals surface area contributed by atoms with Crippen molar-refractivity contribution in [1.82, 2.24) is 4.31 Å². The predicted octanol–water partition coefficient (Wildman–Crippen LogP) is 2.40. The Balaban J connectivity index is 1.87. The van der Waals surface area contributed by atoms with Gasteiger partial charge in [-0.2, -0.15) is 0 Å². The molecule has 0 amide bonds. The minimum atomic E-state index is -3.30. The van der Waals surface area contributed by atoms with Gasteiger partial charge in [0.2, 0.25) is 10.0 Å². The number of sulfonamides is 1. The van der Waals surface area contributed by atoms with Gasteiger partial charge in [-0.25, -0.2) is 12.7 Å². The minimum absolute atomic E-state index is 0.0525. The molecule has 122 valence electrons. The third-order valence-corrected chi connectivity index (χ3v) is 6.07. The van der Waals surface area contributed by atoms with Gasteiger partial charge in [0, 0.05) is 24.5 Å². The summed E-state index contributed by atoms with van der Waals surface area (Å²) >= 11 is 5.89. The van der Waals surface area contributed by atoms with Crippen LogP contribution in [0.4, 0.5) is 0 Å². The molecule has 0 spiro atoms. The lowest BCUT2D eigenvalue weighted by molar-refractivity contribution is -0.138. The molecule has 0 radical (unpaired) electrons. The van der Waals surface area contributed by atoms with E-state index in [1.54, 1.807) is 12.1 Å². The first kappa shape index (κ1) is 17.2. The van der Waals surface area contributed by atoms with Crippen molar-refractivity contribution < 1.29 is 18.3 Å². The molecule has 1 aliphatic rings. The standard InChI is InChI=1S/C15H20ClNO4S/c16-14-3-1-2-12(10-14)6-9-22(20,21)17-7-4-13(5-8-17)11-15(18)19/h1-3,10,13H,4-9,11H2,(H,18,19). The number of halogens is 1. The molecule has 1 N–H and O–H groups in total. The second-order valence-electron chi connectivity index (χ2n) is 5.64. The van der Waals surface area contributed by atoms with Gasteiger partial charge in [-0.3, -0.25) is 4.79 Å². The van der Waals surface area contributed by atoms with Gasteiger partial charge in [0.25, 0.3) is 0 Å². The average molecular weight is 346 g/mol. The molecule has 1 heterocycles. The summed E-state index contributed by atoms with van der Waals surface area (Å²) in [6.45, 7) is 0.825. The zero-order chi connectivity index (χ0) is 16.2. The normalized spacial score (nSPS) is 17.5. The molecule has 0 saturated carbocycles. The highest BCUT2D eigenvalue weighted by Crippen LogP contribution is 2.23. The Morgan fingerprint density at radius 2 is 2.00 bits per heavy atom. The molecule has 1 fully saturated rings. The van der Waals surface area contributed by atoms with Crippen LogP contribution in [0.2, 0.25) is 5.02 Å². The van der Waals surface area contributed by atoms with E-state index in [-0.39, 0.29) is 18.1 Å². The Labute approximate surface area is 135 Å². The molecule has 1 aliphatic heterocycles. The summed E-state index contributed by atoms with van der Waals surface area (Å²) in [6.07, 6.45) is 1.78. The number of hydrogen-bond acceptors (Lipinski definition) is 3. The van der Waals surface area contributed by atoms with Crippen molar-refractivity contribution in [2.75, 3.05) is 18.8 Å². The van der Waals surface area contributed by atoms with E-state index in [9.17, 15) is 13.2 Å². The molecule has 0 aromatic heterocycles. The van der Waals surface area contributed by atoms with E-state index in [0.29, 0.717) is 37.4 Å². The smallest absolute Gasteiger partial charge is 0.303 e. The van der Waals surface area contributed by atoms with Crippen LogP contribution < -0.4 is 0 Å². The first-order chi connectivity index (χ1) is 10.4. The van der Waals surface area contributed by atoms with Crippen LogP contribution in [0.3, 0.4) is 0 Å². The third kappa shape index (κ3) is 4.97. The molecule has 0 bridgehead atoms.